The third-order valence-corrected chi connectivity index (χ3v) is 5.41. The van der Waals surface area contributed by atoms with Gasteiger partial charge in [-0.3, -0.25) is 0 Å². The maximum atomic E-state index is 6.42. The van der Waals surface area contributed by atoms with Crippen LogP contribution in [0.4, 0.5) is 5.69 Å². The minimum Gasteiger partial charge on any atom is -0.370 e. The molecule has 0 amide bonds. The van der Waals surface area contributed by atoms with Crippen molar-refractivity contribution in [2.24, 2.45) is 11.8 Å². The molecule has 0 bridgehead atoms. The highest BCUT2D eigenvalue weighted by Crippen LogP contribution is 2.40. The van der Waals surface area contributed by atoms with Crippen LogP contribution in [0.2, 0.25) is 5.02 Å². The highest BCUT2D eigenvalue weighted by Gasteiger charge is 2.32. The predicted molar refractivity (Wildman–Crippen MR) is 83.3 cm³/mol. The van der Waals surface area contributed by atoms with Gasteiger partial charge in [-0.15, -0.1) is 11.6 Å². The highest BCUT2D eigenvalue weighted by molar-refractivity contribution is 6.33. The molecule has 0 spiro atoms. The summed E-state index contributed by atoms with van der Waals surface area (Å²) in [4.78, 5) is 2.48. The lowest BCUT2D eigenvalue weighted by molar-refractivity contribution is 0.202. The van der Waals surface area contributed by atoms with Gasteiger partial charge in [0.25, 0.3) is 0 Å². The zero-order chi connectivity index (χ0) is 13.2. The average molecular weight is 298 g/mol. The lowest BCUT2D eigenvalue weighted by Gasteiger charge is -2.43. The molecule has 1 heterocycles. The summed E-state index contributed by atoms with van der Waals surface area (Å²) in [5.74, 6) is 2.36. The lowest BCUT2D eigenvalue weighted by Crippen LogP contribution is -2.42. The van der Waals surface area contributed by atoms with Crippen LogP contribution in [0.3, 0.4) is 0 Å². The van der Waals surface area contributed by atoms with Crippen LogP contribution >= 0.6 is 23.2 Å². The molecule has 1 aliphatic heterocycles. The number of rotatable bonds is 2. The largest absolute Gasteiger partial charge is 0.370 e. The molecule has 2 fully saturated rings. The fourth-order valence-corrected chi connectivity index (χ4v) is 4.36. The zero-order valence-corrected chi connectivity index (χ0v) is 12.8. The van der Waals surface area contributed by atoms with E-state index in [9.17, 15) is 0 Å². The lowest BCUT2D eigenvalue weighted by atomic mass is 9.75. The quantitative estimate of drug-likeness (QED) is 0.687. The Hall–Kier alpha value is -0.400. The second-order valence-electron chi connectivity index (χ2n) is 5.92. The number of fused-ring (bicyclic) bond motifs is 1. The first kappa shape index (κ1) is 13.6. The summed E-state index contributed by atoms with van der Waals surface area (Å²) in [6.45, 7) is 2.30. The Labute approximate surface area is 125 Å². The van der Waals surface area contributed by atoms with E-state index in [2.05, 4.69) is 11.0 Å². The van der Waals surface area contributed by atoms with Crippen LogP contribution in [0.1, 0.15) is 37.7 Å². The SMILES string of the molecule is ClCc1cccc(Cl)c1N1CCC2CCCCC2C1. The van der Waals surface area contributed by atoms with Crippen molar-refractivity contribution in [1.82, 2.24) is 0 Å². The number of para-hydroxylation sites is 1. The molecule has 3 heteroatoms. The van der Waals surface area contributed by atoms with Gasteiger partial charge in [-0.2, -0.15) is 0 Å². The molecule has 1 aromatic rings. The molecule has 1 aliphatic carbocycles. The van der Waals surface area contributed by atoms with Crippen molar-refractivity contribution in [2.45, 2.75) is 38.0 Å². The number of benzene rings is 1. The van der Waals surface area contributed by atoms with Gasteiger partial charge < -0.3 is 4.90 Å². The van der Waals surface area contributed by atoms with Crippen molar-refractivity contribution in [2.75, 3.05) is 18.0 Å². The molecular formula is C16H21Cl2N. The number of anilines is 1. The molecule has 2 unspecified atom stereocenters. The van der Waals surface area contributed by atoms with Crippen molar-refractivity contribution in [3.05, 3.63) is 28.8 Å². The summed E-state index contributed by atoms with van der Waals surface area (Å²) in [5, 5.41) is 0.854. The molecular weight excluding hydrogens is 277 g/mol. The Balaban J connectivity index is 1.83. The van der Waals surface area contributed by atoms with Gasteiger partial charge >= 0.3 is 0 Å². The fourth-order valence-electron chi connectivity index (χ4n) is 3.83. The average Bonchev–Trinajstić information content (AvgIpc) is 2.46. The van der Waals surface area contributed by atoms with Crippen molar-refractivity contribution in [3.8, 4) is 0 Å². The van der Waals surface area contributed by atoms with Gasteiger partial charge in [0, 0.05) is 19.0 Å². The van der Waals surface area contributed by atoms with Gasteiger partial charge in [0.2, 0.25) is 0 Å². The van der Waals surface area contributed by atoms with Gasteiger partial charge in [-0.1, -0.05) is 43.0 Å². The molecule has 0 radical (unpaired) electrons. The van der Waals surface area contributed by atoms with Gasteiger partial charge in [-0.25, -0.2) is 0 Å². The van der Waals surface area contributed by atoms with E-state index in [1.807, 2.05) is 12.1 Å². The van der Waals surface area contributed by atoms with Crippen LogP contribution < -0.4 is 4.90 Å². The molecule has 1 nitrogen and oxygen atoms in total. The minimum atomic E-state index is 0.542. The van der Waals surface area contributed by atoms with E-state index in [-0.39, 0.29) is 0 Å². The van der Waals surface area contributed by atoms with Crippen LogP contribution in [0, 0.1) is 11.8 Å². The Morgan fingerprint density at radius 3 is 2.68 bits per heavy atom. The number of piperidine rings is 1. The second-order valence-corrected chi connectivity index (χ2v) is 6.59. The first-order valence-electron chi connectivity index (χ1n) is 7.38. The normalized spacial score (nSPS) is 27.2. The van der Waals surface area contributed by atoms with Crippen molar-refractivity contribution in [3.63, 3.8) is 0 Å². The van der Waals surface area contributed by atoms with Crippen molar-refractivity contribution < 1.29 is 0 Å². The van der Waals surface area contributed by atoms with Gasteiger partial charge in [0.15, 0.2) is 0 Å². The molecule has 0 aromatic heterocycles. The highest BCUT2D eigenvalue weighted by atomic mass is 35.5. The molecule has 2 atom stereocenters. The van der Waals surface area contributed by atoms with Crippen LogP contribution in [-0.2, 0) is 5.88 Å². The van der Waals surface area contributed by atoms with Crippen molar-refractivity contribution in [1.29, 1.82) is 0 Å². The maximum absolute atomic E-state index is 6.42. The van der Waals surface area contributed by atoms with Crippen LogP contribution in [0.25, 0.3) is 0 Å². The number of hydrogen-bond donors (Lipinski definition) is 0. The molecule has 3 rings (SSSR count). The summed E-state index contributed by atoms with van der Waals surface area (Å²) < 4.78 is 0. The molecule has 0 N–H and O–H groups in total. The van der Waals surface area contributed by atoms with E-state index in [1.54, 1.807) is 0 Å². The standard InChI is InChI=1S/C16H21Cl2N/c17-10-13-6-3-7-15(18)16(13)19-9-8-12-4-1-2-5-14(12)11-19/h3,6-7,12,14H,1-2,4-5,8-11H2. The van der Waals surface area contributed by atoms with E-state index in [4.69, 9.17) is 23.2 Å². The van der Waals surface area contributed by atoms with E-state index >= 15 is 0 Å². The van der Waals surface area contributed by atoms with Gasteiger partial charge in [0.1, 0.15) is 0 Å². The summed E-state index contributed by atoms with van der Waals surface area (Å²) >= 11 is 12.5. The summed E-state index contributed by atoms with van der Waals surface area (Å²) in [7, 11) is 0. The van der Waals surface area contributed by atoms with E-state index in [1.165, 1.54) is 43.4 Å². The molecule has 1 aromatic carbocycles. The molecule has 2 aliphatic rings. The summed E-state index contributed by atoms with van der Waals surface area (Å²) in [5.41, 5.74) is 2.35. The third kappa shape index (κ3) is 2.73. The monoisotopic (exact) mass is 297 g/mol. The Morgan fingerprint density at radius 1 is 1.11 bits per heavy atom. The van der Waals surface area contributed by atoms with Crippen LogP contribution in [0.15, 0.2) is 18.2 Å². The van der Waals surface area contributed by atoms with Gasteiger partial charge in [-0.05, 0) is 36.3 Å². The first-order chi connectivity index (χ1) is 9.29. The fraction of sp³-hybridized carbons (Fsp3) is 0.625. The van der Waals surface area contributed by atoms with Crippen LogP contribution in [0.5, 0.6) is 0 Å². The minimum absolute atomic E-state index is 0.542. The second kappa shape index (κ2) is 5.93. The number of alkyl halides is 1. The number of halogens is 2. The smallest absolute Gasteiger partial charge is 0.0642 e. The van der Waals surface area contributed by atoms with E-state index in [0.29, 0.717) is 5.88 Å². The zero-order valence-electron chi connectivity index (χ0n) is 11.2. The van der Waals surface area contributed by atoms with E-state index in [0.717, 1.165) is 29.9 Å². The Bertz CT molecular complexity index is 446. The number of nitrogens with zero attached hydrogens (tertiary/aromatic N) is 1. The number of hydrogen-bond acceptors (Lipinski definition) is 1. The molecule has 104 valence electrons. The predicted octanol–water partition coefficient (Wildman–Crippen LogP) is 5.10. The summed E-state index contributed by atoms with van der Waals surface area (Å²) in [6, 6.07) is 6.08. The molecule has 19 heavy (non-hydrogen) atoms. The molecule has 1 saturated carbocycles. The molecule has 1 saturated heterocycles. The maximum Gasteiger partial charge on any atom is 0.0642 e. The Morgan fingerprint density at radius 2 is 1.89 bits per heavy atom. The van der Waals surface area contributed by atoms with Crippen LogP contribution in [-0.4, -0.2) is 13.1 Å². The summed E-state index contributed by atoms with van der Waals surface area (Å²) in [6.07, 6.45) is 6.98. The van der Waals surface area contributed by atoms with Crippen molar-refractivity contribution >= 4 is 28.9 Å². The first-order valence-corrected chi connectivity index (χ1v) is 8.29. The Kier molecular flexibility index (Phi) is 4.24. The third-order valence-electron chi connectivity index (χ3n) is 4.82. The van der Waals surface area contributed by atoms with E-state index < -0.39 is 0 Å². The van der Waals surface area contributed by atoms with Gasteiger partial charge in [0.05, 0.1) is 10.7 Å². The topological polar surface area (TPSA) is 3.24 Å².